The quantitative estimate of drug-likeness (QED) is 0.566. The second kappa shape index (κ2) is 7.62. The summed E-state index contributed by atoms with van der Waals surface area (Å²) in [6.45, 7) is 0.408. The number of nitrogens with one attached hydrogen (secondary N) is 1. The number of fused-ring (bicyclic) bond motifs is 1. The van der Waals surface area contributed by atoms with Gasteiger partial charge in [0.05, 0.1) is 17.5 Å². The van der Waals surface area contributed by atoms with Crippen LogP contribution in [-0.2, 0) is 6.54 Å². The lowest BCUT2D eigenvalue weighted by molar-refractivity contribution is 0.0404. The Morgan fingerprint density at radius 3 is 2.56 bits per heavy atom. The van der Waals surface area contributed by atoms with Gasteiger partial charge in [-0.3, -0.25) is 4.40 Å². The molecule has 3 N–H and O–H groups in total. The Labute approximate surface area is 173 Å². The summed E-state index contributed by atoms with van der Waals surface area (Å²) < 4.78 is 1.68. The van der Waals surface area contributed by atoms with E-state index < -0.39 is 17.5 Å². The molecule has 7 nitrogen and oxygen atoms in total. The highest BCUT2D eigenvalue weighted by atomic mass is 35.5. The first-order valence-corrected chi connectivity index (χ1v) is 10.2. The van der Waals surface area contributed by atoms with Crippen molar-refractivity contribution in [2.24, 2.45) is 0 Å². The van der Waals surface area contributed by atoms with Crippen molar-refractivity contribution in [3.8, 4) is 0 Å². The summed E-state index contributed by atoms with van der Waals surface area (Å²) in [5, 5.41) is 32.5. The van der Waals surface area contributed by atoms with Gasteiger partial charge in [0, 0.05) is 28.5 Å². The van der Waals surface area contributed by atoms with E-state index in [0.717, 1.165) is 5.56 Å². The molecule has 0 radical (unpaired) electrons. The van der Waals surface area contributed by atoms with E-state index in [1.54, 1.807) is 28.8 Å². The van der Waals surface area contributed by atoms with Crippen LogP contribution in [0.15, 0.2) is 24.4 Å². The Kier molecular flexibility index (Phi) is 5.37. The molecule has 1 aliphatic rings. The van der Waals surface area contributed by atoms with Crippen molar-refractivity contribution in [3.05, 3.63) is 51.0 Å². The smallest absolute Gasteiger partial charge is 0.203 e. The minimum atomic E-state index is -0.917. The molecule has 1 fully saturated rings. The van der Waals surface area contributed by atoms with E-state index in [0.29, 0.717) is 39.6 Å². The number of rotatable bonds is 4. The molecule has 4 rings (SSSR count). The van der Waals surface area contributed by atoms with Gasteiger partial charge in [-0.2, -0.15) is 0 Å². The van der Waals surface area contributed by atoms with Crippen LogP contribution in [0.3, 0.4) is 0 Å². The molecule has 3 heterocycles. The number of hydrogen-bond acceptors (Lipinski definition) is 7. The maximum atomic E-state index is 10.2. The molecule has 3 aromatic rings. The second-order valence-corrected chi connectivity index (χ2v) is 8.54. The van der Waals surface area contributed by atoms with Crippen LogP contribution in [0.25, 0.3) is 5.65 Å². The molecule has 0 amide bonds. The van der Waals surface area contributed by atoms with E-state index in [4.69, 9.17) is 34.8 Å². The molecule has 3 atom stereocenters. The van der Waals surface area contributed by atoms with Crippen LogP contribution in [0.5, 0.6) is 0 Å². The first-order chi connectivity index (χ1) is 12.9. The first kappa shape index (κ1) is 19.0. The summed E-state index contributed by atoms with van der Waals surface area (Å²) in [7, 11) is 0. The summed E-state index contributed by atoms with van der Waals surface area (Å²) in [4.78, 5) is 4.28. The molecule has 0 spiro atoms. The molecule has 0 unspecified atom stereocenters. The van der Waals surface area contributed by atoms with Crippen LogP contribution < -0.4 is 5.32 Å². The highest BCUT2D eigenvalue weighted by Crippen LogP contribution is 2.40. The predicted octanol–water partition coefficient (Wildman–Crippen LogP) is 3.21. The van der Waals surface area contributed by atoms with Gasteiger partial charge in [0.2, 0.25) is 5.65 Å². The van der Waals surface area contributed by atoms with Crippen molar-refractivity contribution in [3.63, 3.8) is 0 Å². The fourth-order valence-corrected chi connectivity index (χ4v) is 4.97. The molecule has 0 aliphatic carbocycles. The maximum Gasteiger partial charge on any atom is 0.203 e. The van der Waals surface area contributed by atoms with E-state index >= 15 is 0 Å². The minimum absolute atomic E-state index is 0.244. The molecular weight excluding hydrogens is 433 g/mol. The zero-order valence-corrected chi connectivity index (χ0v) is 16.8. The van der Waals surface area contributed by atoms with E-state index in [-0.39, 0.29) is 5.15 Å². The van der Waals surface area contributed by atoms with Crippen molar-refractivity contribution >= 4 is 58.0 Å². The van der Waals surface area contributed by atoms with Gasteiger partial charge in [0.25, 0.3) is 0 Å². The Morgan fingerprint density at radius 2 is 1.89 bits per heavy atom. The number of aliphatic hydroxyl groups excluding tert-OH is 2. The number of hydrogen-bond donors (Lipinski definition) is 3. The standard InChI is InChI=1S/C16H14Cl3N5O2S/c17-8-1-7(2-9(18)3-8)4-20-14-16-23-22-15(24(16)5-11(19)21-14)13-12(26)10(25)6-27-13/h1-3,5,10,12-13,25-26H,4,6H2,(H,20,21)/t10-,12-,13-/m1/s1. The molecule has 1 saturated heterocycles. The lowest BCUT2D eigenvalue weighted by atomic mass is 10.1. The van der Waals surface area contributed by atoms with Gasteiger partial charge in [-0.1, -0.05) is 34.8 Å². The SMILES string of the molecule is O[C@@H]1[C@H](O)CS[C@H]1c1nnc2c(NCc3cc(Cl)cc(Cl)c3)nc(Cl)cn12. The number of anilines is 1. The minimum Gasteiger partial charge on any atom is -0.390 e. The van der Waals surface area contributed by atoms with Crippen LogP contribution in [-0.4, -0.2) is 47.8 Å². The number of halogens is 3. The lowest BCUT2D eigenvalue weighted by Crippen LogP contribution is -2.25. The van der Waals surface area contributed by atoms with Crippen molar-refractivity contribution in [1.29, 1.82) is 0 Å². The average Bonchev–Trinajstić information content (AvgIpc) is 3.16. The van der Waals surface area contributed by atoms with Gasteiger partial charge in [0.15, 0.2) is 11.6 Å². The zero-order valence-electron chi connectivity index (χ0n) is 13.7. The molecule has 2 aromatic heterocycles. The predicted molar refractivity (Wildman–Crippen MR) is 107 cm³/mol. The van der Waals surface area contributed by atoms with Gasteiger partial charge in [-0.05, 0) is 23.8 Å². The third kappa shape index (κ3) is 3.83. The molecule has 0 saturated carbocycles. The largest absolute Gasteiger partial charge is 0.390 e. The van der Waals surface area contributed by atoms with Crippen molar-refractivity contribution < 1.29 is 10.2 Å². The van der Waals surface area contributed by atoms with Crippen molar-refractivity contribution in [1.82, 2.24) is 19.6 Å². The molecule has 27 heavy (non-hydrogen) atoms. The van der Waals surface area contributed by atoms with Gasteiger partial charge >= 0.3 is 0 Å². The molecule has 1 aliphatic heterocycles. The van der Waals surface area contributed by atoms with Crippen LogP contribution in [0, 0.1) is 0 Å². The molecule has 11 heteroatoms. The van der Waals surface area contributed by atoms with Crippen LogP contribution in [0.1, 0.15) is 16.6 Å². The third-order valence-corrected chi connectivity index (χ3v) is 6.18. The van der Waals surface area contributed by atoms with Crippen molar-refractivity contribution in [2.75, 3.05) is 11.1 Å². The van der Waals surface area contributed by atoms with Gasteiger partial charge in [0.1, 0.15) is 5.15 Å². The Morgan fingerprint density at radius 1 is 1.15 bits per heavy atom. The highest BCUT2D eigenvalue weighted by Gasteiger charge is 2.38. The van der Waals surface area contributed by atoms with Gasteiger partial charge in [-0.15, -0.1) is 22.0 Å². The Bertz CT molecular complexity index is 981. The number of benzene rings is 1. The number of thioether (sulfide) groups is 1. The molecular formula is C16H14Cl3N5O2S. The van der Waals surface area contributed by atoms with Crippen LogP contribution >= 0.6 is 46.6 Å². The van der Waals surface area contributed by atoms with Gasteiger partial charge < -0.3 is 15.5 Å². The number of aliphatic hydroxyl groups is 2. The topological polar surface area (TPSA) is 95.6 Å². The van der Waals surface area contributed by atoms with Crippen LogP contribution in [0.4, 0.5) is 5.82 Å². The summed E-state index contributed by atoms with van der Waals surface area (Å²) >= 11 is 19.7. The van der Waals surface area contributed by atoms with E-state index in [1.807, 2.05) is 0 Å². The van der Waals surface area contributed by atoms with E-state index in [1.165, 1.54) is 11.8 Å². The molecule has 142 valence electrons. The third-order valence-electron chi connectivity index (χ3n) is 4.18. The molecule has 1 aromatic carbocycles. The summed E-state index contributed by atoms with van der Waals surface area (Å²) in [6.07, 6.45) is -0.125. The van der Waals surface area contributed by atoms with Crippen molar-refractivity contribution in [2.45, 2.75) is 24.0 Å². The van der Waals surface area contributed by atoms with Crippen LogP contribution in [0.2, 0.25) is 15.2 Å². The highest BCUT2D eigenvalue weighted by molar-refractivity contribution is 7.99. The first-order valence-electron chi connectivity index (χ1n) is 8.00. The van der Waals surface area contributed by atoms with E-state index in [9.17, 15) is 10.2 Å². The summed E-state index contributed by atoms with van der Waals surface area (Å²) in [6, 6.07) is 5.25. The lowest BCUT2D eigenvalue weighted by Gasteiger charge is -2.14. The fraction of sp³-hybridized carbons (Fsp3) is 0.312. The average molecular weight is 447 g/mol. The number of aromatic nitrogens is 4. The normalized spacial score (nSPS) is 22.5. The zero-order chi connectivity index (χ0) is 19.1. The maximum absolute atomic E-state index is 10.2. The second-order valence-electron chi connectivity index (χ2n) is 6.11. The van der Waals surface area contributed by atoms with Gasteiger partial charge in [-0.25, -0.2) is 4.98 Å². The monoisotopic (exact) mass is 445 g/mol. The van der Waals surface area contributed by atoms with E-state index in [2.05, 4.69) is 20.5 Å². The fourth-order valence-electron chi connectivity index (χ4n) is 2.92. The Balaban J connectivity index is 1.65. The molecule has 0 bridgehead atoms. The summed E-state index contributed by atoms with van der Waals surface area (Å²) in [5.41, 5.74) is 1.34. The number of nitrogens with zero attached hydrogens (tertiary/aromatic N) is 4. The summed E-state index contributed by atoms with van der Waals surface area (Å²) in [5.74, 6) is 1.38. The Hall–Kier alpha value is -1.29.